The van der Waals surface area contributed by atoms with Crippen LogP contribution in [0.5, 0.6) is 0 Å². The van der Waals surface area contributed by atoms with Gasteiger partial charge in [-0.2, -0.15) is 15.0 Å². The summed E-state index contributed by atoms with van der Waals surface area (Å²) < 4.78 is 11.3. The molecule has 42 heavy (non-hydrogen) atoms. The summed E-state index contributed by atoms with van der Waals surface area (Å²) in [6.45, 7) is 4.14. The average molecular weight is 566 g/mol. The standard InChI is InChI=1S/C30H31N9O3/c40-30(34-23-9-11-32-26(16-23)21-2-1-10-31-17-21)33-22-5-3-20(4-6-22)27-35-28(38-12-14-41-15-13-38)37-29(36-27)39-24-7-8-25(39)19-42-18-24/h1-6,9-11,16-17,24-25H,7-8,12-15,18-19H2,(H2,32,33,34,40). The van der Waals surface area contributed by atoms with Crippen LogP contribution in [0.4, 0.5) is 28.1 Å². The highest BCUT2D eigenvalue weighted by molar-refractivity contribution is 6.00. The molecule has 0 radical (unpaired) electrons. The van der Waals surface area contributed by atoms with Crippen molar-refractivity contribution in [3.05, 3.63) is 67.1 Å². The molecule has 3 aromatic heterocycles. The van der Waals surface area contributed by atoms with Crippen molar-refractivity contribution in [1.29, 1.82) is 0 Å². The fourth-order valence-corrected chi connectivity index (χ4v) is 5.63. The van der Waals surface area contributed by atoms with E-state index in [1.54, 1.807) is 24.7 Å². The molecule has 2 unspecified atom stereocenters. The first-order valence-electron chi connectivity index (χ1n) is 14.2. The molecule has 6 heterocycles. The first-order valence-corrected chi connectivity index (χ1v) is 14.2. The zero-order valence-electron chi connectivity index (χ0n) is 23.0. The molecule has 0 aliphatic carbocycles. The van der Waals surface area contributed by atoms with Gasteiger partial charge in [-0.15, -0.1) is 0 Å². The number of hydrogen-bond acceptors (Lipinski definition) is 10. The zero-order chi connectivity index (χ0) is 28.3. The lowest BCUT2D eigenvalue weighted by atomic mass is 10.2. The summed E-state index contributed by atoms with van der Waals surface area (Å²) in [5, 5.41) is 5.77. The van der Waals surface area contributed by atoms with Crippen molar-refractivity contribution in [3.8, 4) is 22.6 Å². The molecule has 12 heteroatoms. The number of hydrogen-bond donors (Lipinski definition) is 2. The minimum atomic E-state index is -0.356. The van der Waals surface area contributed by atoms with Crippen LogP contribution in [0.25, 0.3) is 22.6 Å². The van der Waals surface area contributed by atoms with E-state index in [-0.39, 0.29) is 18.1 Å². The monoisotopic (exact) mass is 565 g/mol. The minimum Gasteiger partial charge on any atom is -0.378 e. The largest absolute Gasteiger partial charge is 0.378 e. The van der Waals surface area contributed by atoms with Crippen LogP contribution in [0.15, 0.2) is 67.1 Å². The SMILES string of the molecule is O=C(Nc1ccc(-c2nc(N3CCOCC3)nc(N3C4CCC3COC4)n2)cc1)Nc1ccnc(-c2cccnc2)c1. The molecule has 2 N–H and O–H groups in total. The highest BCUT2D eigenvalue weighted by Gasteiger charge is 2.39. The third-order valence-electron chi connectivity index (χ3n) is 7.75. The number of nitrogens with zero attached hydrogens (tertiary/aromatic N) is 7. The summed E-state index contributed by atoms with van der Waals surface area (Å²) in [5.41, 5.74) is 3.71. The van der Waals surface area contributed by atoms with E-state index in [0.29, 0.717) is 55.5 Å². The van der Waals surface area contributed by atoms with Gasteiger partial charge in [-0.3, -0.25) is 9.97 Å². The van der Waals surface area contributed by atoms with Gasteiger partial charge in [0.25, 0.3) is 0 Å². The number of urea groups is 1. The van der Waals surface area contributed by atoms with Crippen LogP contribution in [0.2, 0.25) is 0 Å². The van der Waals surface area contributed by atoms with E-state index in [1.807, 2.05) is 42.5 Å². The molecule has 2 bridgehead atoms. The van der Waals surface area contributed by atoms with Gasteiger partial charge in [0.05, 0.1) is 44.2 Å². The van der Waals surface area contributed by atoms with E-state index in [4.69, 9.17) is 24.4 Å². The van der Waals surface area contributed by atoms with Crippen LogP contribution >= 0.6 is 0 Å². The molecule has 12 nitrogen and oxygen atoms in total. The van der Waals surface area contributed by atoms with Crippen molar-refractivity contribution in [3.63, 3.8) is 0 Å². The van der Waals surface area contributed by atoms with E-state index in [2.05, 4.69) is 30.4 Å². The van der Waals surface area contributed by atoms with E-state index >= 15 is 0 Å². The van der Waals surface area contributed by atoms with Gasteiger partial charge in [0.15, 0.2) is 5.82 Å². The van der Waals surface area contributed by atoms with Gasteiger partial charge in [-0.25, -0.2) is 4.79 Å². The van der Waals surface area contributed by atoms with Gasteiger partial charge >= 0.3 is 6.03 Å². The van der Waals surface area contributed by atoms with Crippen molar-refractivity contribution in [2.45, 2.75) is 24.9 Å². The van der Waals surface area contributed by atoms with Gasteiger partial charge in [-0.05, 0) is 61.4 Å². The number of ether oxygens (including phenoxy) is 2. The van der Waals surface area contributed by atoms with Crippen molar-refractivity contribution in [2.75, 3.05) is 60.0 Å². The number of amides is 2. The zero-order valence-corrected chi connectivity index (χ0v) is 23.0. The van der Waals surface area contributed by atoms with Gasteiger partial charge in [-0.1, -0.05) is 0 Å². The number of fused-ring (bicyclic) bond motifs is 2. The normalized spacial score (nSPS) is 19.9. The van der Waals surface area contributed by atoms with Crippen LogP contribution < -0.4 is 20.4 Å². The predicted octanol–water partition coefficient (Wildman–Crippen LogP) is 3.84. The predicted molar refractivity (Wildman–Crippen MR) is 159 cm³/mol. The van der Waals surface area contributed by atoms with Crippen molar-refractivity contribution < 1.29 is 14.3 Å². The molecule has 3 saturated heterocycles. The van der Waals surface area contributed by atoms with Crippen LogP contribution in [0.1, 0.15) is 12.8 Å². The van der Waals surface area contributed by atoms with Gasteiger partial charge < -0.3 is 29.9 Å². The van der Waals surface area contributed by atoms with E-state index in [9.17, 15) is 4.79 Å². The number of pyridine rings is 2. The second kappa shape index (κ2) is 11.7. The van der Waals surface area contributed by atoms with E-state index in [1.165, 1.54) is 0 Å². The molecule has 3 fully saturated rings. The Balaban J connectivity index is 1.09. The fourth-order valence-electron chi connectivity index (χ4n) is 5.63. The maximum Gasteiger partial charge on any atom is 0.323 e. The summed E-state index contributed by atoms with van der Waals surface area (Å²) in [5.74, 6) is 1.96. The Morgan fingerprint density at radius 1 is 0.810 bits per heavy atom. The van der Waals surface area contributed by atoms with Crippen molar-refractivity contribution in [2.24, 2.45) is 0 Å². The van der Waals surface area contributed by atoms with Crippen molar-refractivity contribution >= 4 is 29.3 Å². The van der Waals surface area contributed by atoms with Gasteiger partial charge in [0.2, 0.25) is 11.9 Å². The summed E-state index contributed by atoms with van der Waals surface area (Å²) >= 11 is 0. The van der Waals surface area contributed by atoms with E-state index < -0.39 is 0 Å². The third kappa shape index (κ3) is 5.58. The molecule has 3 aliphatic rings. The number of benzene rings is 1. The first kappa shape index (κ1) is 26.2. The number of nitrogens with one attached hydrogen (secondary N) is 2. The number of carbonyl (C=O) groups excluding carboxylic acids is 1. The third-order valence-corrected chi connectivity index (χ3v) is 7.75. The van der Waals surface area contributed by atoms with Crippen LogP contribution in [0.3, 0.4) is 0 Å². The highest BCUT2D eigenvalue weighted by atomic mass is 16.5. The Morgan fingerprint density at radius 3 is 2.33 bits per heavy atom. The van der Waals surface area contributed by atoms with Gasteiger partial charge in [0, 0.05) is 54.2 Å². The van der Waals surface area contributed by atoms with Crippen molar-refractivity contribution in [1.82, 2.24) is 24.9 Å². The molecule has 2 atom stereocenters. The Morgan fingerprint density at radius 2 is 1.57 bits per heavy atom. The number of rotatable bonds is 6. The number of carbonyl (C=O) groups is 1. The lowest BCUT2D eigenvalue weighted by molar-refractivity contribution is 0.0897. The first-order chi connectivity index (χ1) is 20.7. The molecule has 3 aliphatic heterocycles. The molecule has 7 rings (SSSR count). The number of morpholine rings is 2. The molecular weight excluding hydrogens is 534 g/mol. The number of aromatic nitrogens is 5. The maximum absolute atomic E-state index is 12.8. The lowest BCUT2D eigenvalue weighted by Crippen LogP contribution is -2.47. The average Bonchev–Trinajstić information content (AvgIpc) is 3.30. The quantitative estimate of drug-likeness (QED) is 0.356. The Hall–Kier alpha value is -4.68. The maximum atomic E-state index is 12.8. The second-order valence-electron chi connectivity index (χ2n) is 10.5. The molecule has 0 saturated carbocycles. The Bertz CT molecular complexity index is 1530. The Labute approximate surface area is 243 Å². The summed E-state index contributed by atoms with van der Waals surface area (Å²) in [4.78, 5) is 40.4. The summed E-state index contributed by atoms with van der Waals surface area (Å²) in [6, 6.07) is 15.1. The second-order valence-corrected chi connectivity index (χ2v) is 10.5. The molecular formula is C30H31N9O3. The number of anilines is 4. The smallest absolute Gasteiger partial charge is 0.323 e. The van der Waals surface area contributed by atoms with Gasteiger partial charge in [0.1, 0.15) is 0 Å². The summed E-state index contributed by atoms with van der Waals surface area (Å²) in [7, 11) is 0. The molecule has 0 spiro atoms. The van der Waals surface area contributed by atoms with Crippen LogP contribution in [-0.2, 0) is 9.47 Å². The minimum absolute atomic E-state index is 0.280. The van der Waals surface area contributed by atoms with Crippen LogP contribution in [-0.4, -0.2) is 82.6 Å². The molecule has 1 aromatic carbocycles. The summed E-state index contributed by atoms with van der Waals surface area (Å²) in [6.07, 6.45) is 7.25. The Kier molecular flexibility index (Phi) is 7.29. The lowest BCUT2D eigenvalue weighted by Gasteiger charge is -2.35. The topological polar surface area (TPSA) is 131 Å². The molecule has 4 aromatic rings. The molecule has 214 valence electrons. The van der Waals surface area contributed by atoms with E-state index in [0.717, 1.165) is 42.8 Å². The highest BCUT2D eigenvalue weighted by Crippen LogP contribution is 2.34. The fraction of sp³-hybridized carbons (Fsp3) is 0.333. The van der Waals surface area contributed by atoms with Crippen LogP contribution in [0, 0.1) is 0 Å². The molecule has 2 amide bonds.